The Bertz CT molecular complexity index is 567. The molecular formula is C16H24N4. The smallest absolute Gasteiger partial charge is 0.108 e. The maximum Gasteiger partial charge on any atom is 0.108 e. The second-order valence-corrected chi connectivity index (χ2v) is 5.90. The minimum Gasteiger partial charge on any atom is -0.399 e. The summed E-state index contributed by atoms with van der Waals surface area (Å²) < 4.78 is 0. The van der Waals surface area contributed by atoms with Crippen molar-refractivity contribution >= 4 is 16.7 Å². The molecule has 4 heteroatoms. The normalized spacial score (nSPS) is 17.9. The second kappa shape index (κ2) is 5.83. The Balaban J connectivity index is 1.57. The van der Waals surface area contributed by atoms with Gasteiger partial charge in [-0.1, -0.05) is 13.3 Å². The molecule has 20 heavy (non-hydrogen) atoms. The molecule has 1 aromatic carbocycles. The number of piperidine rings is 1. The van der Waals surface area contributed by atoms with Crippen LogP contribution in [0.25, 0.3) is 11.0 Å². The molecular weight excluding hydrogens is 248 g/mol. The van der Waals surface area contributed by atoms with Crippen LogP contribution in [0.3, 0.4) is 0 Å². The highest BCUT2D eigenvalue weighted by Gasteiger charge is 2.17. The Kier molecular flexibility index (Phi) is 3.92. The lowest BCUT2D eigenvalue weighted by Crippen LogP contribution is -2.35. The van der Waals surface area contributed by atoms with Crippen molar-refractivity contribution in [3.05, 3.63) is 24.0 Å². The Morgan fingerprint density at radius 3 is 2.90 bits per heavy atom. The Labute approximate surface area is 120 Å². The molecule has 3 rings (SSSR count). The van der Waals surface area contributed by atoms with E-state index in [0.717, 1.165) is 41.4 Å². The maximum atomic E-state index is 5.79. The molecule has 4 nitrogen and oxygen atoms in total. The first kappa shape index (κ1) is 13.4. The number of rotatable bonds is 4. The first-order valence-electron chi connectivity index (χ1n) is 7.71. The number of nitrogens with one attached hydrogen (secondary N) is 1. The van der Waals surface area contributed by atoms with Crippen molar-refractivity contribution in [2.45, 2.75) is 32.6 Å². The van der Waals surface area contributed by atoms with Crippen molar-refractivity contribution in [1.29, 1.82) is 0 Å². The number of anilines is 1. The topological polar surface area (TPSA) is 57.9 Å². The Morgan fingerprint density at radius 2 is 2.15 bits per heavy atom. The highest BCUT2D eigenvalue weighted by molar-refractivity contribution is 5.78. The van der Waals surface area contributed by atoms with Gasteiger partial charge in [-0.25, -0.2) is 4.98 Å². The summed E-state index contributed by atoms with van der Waals surface area (Å²) in [4.78, 5) is 10.6. The molecule has 1 aliphatic rings. The molecule has 1 aromatic heterocycles. The quantitative estimate of drug-likeness (QED) is 0.841. The van der Waals surface area contributed by atoms with E-state index >= 15 is 0 Å². The summed E-state index contributed by atoms with van der Waals surface area (Å²) in [6, 6.07) is 5.85. The molecule has 0 saturated carbocycles. The van der Waals surface area contributed by atoms with Crippen molar-refractivity contribution < 1.29 is 0 Å². The average Bonchev–Trinajstić information content (AvgIpc) is 2.87. The van der Waals surface area contributed by atoms with Crippen LogP contribution in [0.2, 0.25) is 0 Å². The van der Waals surface area contributed by atoms with E-state index in [1.54, 1.807) is 0 Å². The molecule has 0 bridgehead atoms. The van der Waals surface area contributed by atoms with E-state index in [4.69, 9.17) is 5.73 Å². The Hall–Kier alpha value is -1.55. The molecule has 0 radical (unpaired) electrons. The molecule has 1 fully saturated rings. The fraction of sp³-hybridized carbons (Fsp3) is 0.562. The molecule has 0 spiro atoms. The van der Waals surface area contributed by atoms with Gasteiger partial charge in [-0.05, 0) is 50.0 Å². The number of benzene rings is 1. The van der Waals surface area contributed by atoms with Crippen molar-refractivity contribution in [3.63, 3.8) is 0 Å². The van der Waals surface area contributed by atoms with Gasteiger partial charge in [-0.3, -0.25) is 0 Å². The predicted octanol–water partition coefficient (Wildman–Crippen LogP) is 2.81. The summed E-state index contributed by atoms with van der Waals surface area (Å²) in [6.07, 6.45) is 5.03. The number of H-pyrrole nitrogens is 1. The van der Waals surface area contributed by atoms with Gasteiger partial charge in [0.05, 0.1) is 11.0 Å². The molecule has 2 heterocycles. The zero-order chi connectivity index (χ0) is 13.9. The summed E-state index contributed by atoms with van der Waals surface area (Å²) in [6.45, 7) is 5.89. The van der Waals surface area contributed by atoms with Crippen LogP contribution in [-0.2, 0) is 6.42 Å². The monoisotopic (exact) mass is 272 g/mol. The molecule has 1 aliphatic heterocycles. The summed E-state index contributed by atoms with van der Waals surface area (Å²) in [7, 11) is 0. The van der Waals surface area contributed by atoms with Gasteiger partial charge >= 0.3 is 0 Å². The van der Waals surface area contributed by atoms with Crippen LogP contribution < -0.4 is 5.73 Å². The third-order valence-corrected chi connectivity index (χ3v) is 4.50. The SMILES string of the molecule is CCC1CCN(CCc2nc3ccc(N)cc3[nH]2)CC1. The fourth-order valence-corrected chi connectivity index (χ4v) is 3.08. The van der Waals surface area contributed by atoms with Crippen molar-refractivity contribution in [1.82, 2.24) is 14.9 Å². The van der Waals surface area contributed by atoms with Crippen LogP contribution in [0, 0.1) is 5.92 Å². The third kappa shape index (κ3) is 2.96. The number of imidazole rings is 1. The Morgan fingerprint density at radius 1 is 1.35 bits per heavy atom. The first-order chi connectivity index (χ1) is 9.74. The largest absolute Gasteiger partial charge is 0.399 e. The van der Waals surface area contributed by atoms with Crippen molar-refractivity contribution in [3.8, 4) is 0 Å². The molecule has 0 atom stereocenters. The van der Waals surface area contributed by atoms with Crippen LogP contribution in [0.4, 0.5) is 5.69 Å². The number of hydrogen-bond donors (Lipinski definition) is 2. The van der Waals surface area contributed by atoms with Crippen molar-refractivity contribution in [2.75, 3.05) is 25.4 Å². The first-order valence-corrected chi connectivity index (χ1v) is 7.71. The number of nitrogens with zero attached hydrogens (tertiary/aromatic N) is 2. The van der Waals surface area contributed by atoms with Gasteiger partial charge in [0, 0.05) is 18.7 Å². The maximum absolute atomic E-state index is 5.79. The standard InChI is InChI=1S/C16H24N4/c1-2-12-5-8-20(9-6-12)10-7-16-18-14-4-3-13(17)11-15(14)19-16/h3-4,11-12H,2,5-10,17H2,1H3,(H,18,19). The van der Waals surface area contributed by atoms with E-state index in [-0.39, 0.29) is 0 Å². The van der Waals surface area contributed by atoms with Crippen LogP contribution in [0.15, 0.2) is 18.2 Å². The fourth-order valence-electron chi connectivity index (χ4n) is 3.08. The van der Waals surface area contributed by atoms with Gasteiger partial charge in [-0.15, -0.1) is 0 Å². The molecule has 0 unspecified atom stereocenters. The third-order valence-electron chi connectivity index (χ3n) is 4.50. The van der Waals surface area contributed by atoms with E-state index in [1.165, 1.54) is 32.4 Å². The highest BCUT2D eigenvalue weighted by atomic mass is 15.1. The lowest BCUT2D eigenvalue weighted by molar-refractivity contribution is 0.183. The number of nitrogen functional groups attached to an aromatic ring is 1. The van der Waals surface area contributed by atoms with Crippen LogP contribution in [0.5, 0.6) is 0 Å². The van der Waals surface area contributed by atoms with E-state index in [9.17, 15) is 0 Å². The minimum atomic E-state index is 0.786. The molecule has 3 N–H and O–H groups in total. The summed E-state index contributed by atoms with van der Waals surface area (Å²) >= 11 is 0. The van der Waals surface area contributed by atoms with E-state index in [0.29, 0.717) is 0 Å². The summed E-state index contributed by atoms with van der Waals surface area (Å²) in [5.41, 5.74) is 8.64. The second-order valence-electron chi connectivity index (χ2n) is 5.90. The number of hydrogen-bond acceptors (Lipinski definition) is 3. The molecule has 0 aliphatic carbocycles. The number of nitrogens with two attached hydrogens (primary N) is 1. The van der Waals surface area contributed by atoms with E-state index in [2.05, 4.69) is 21.8 Å². The molecule has 0 amide bonds. The summed E-state index contributed by atoms with van der Waals surface area (Å²) in [5.74, 6) is 2.02. The van der Waals surface area contributed by atoms with Gasteiger partial charge < -0.3 is 15.6 Å². The number of fused-ring (bicyclic) bond motifs is 1. The zero-order valence-corrected chi connectivity index (χ0v) is 12.2. The predicted molar refractivity (Wildman–Crippen MR) is 83.7 cm³/mol. The average molecular weight is 272 g/mol. The molecule has 1 saturated heterocycles. The van der Waals surface area contributed by atoms with Gasteiger partial charge in [0.15, 0.2) is 0 Å². The minimum absolute atomic E-state index is 0.786. The van der Waals surface area contributed by atoms with Crippen LogP contribution in [0.1, 0.15) is 32.0 Å². The van der Waals surface area contributed by atoms with Crippen molar-refractivity contribution in [2.24, 2.45) is 5.92 Å². The lowest BCUT2D eigenvalue weighted by atomic mass is 9.94. The summed E-state index contributed by atoms with van der Waals surface area (Å²) in [5, 5.41) is 0. The van der Waals surface area contributed by atoms with Gasteiger partial charge in [0.1, 0.15) is 5.82 Å². The zero-order valence-electron chi connectivity index (χ0n) is 12.2. The van der Waals surface area contributed by atoms with E-state index < -0.39 is 0 Å². The molecule has 108 valence electrons. The highest BCUT2D eigenvalue weighted by Crippen LogP contribution is 2.20. The van der Waals surface area contributed by atoms with Crippen LogP contribution in [-0.4, -0.2) is 34.5 Å². The van der Waals surface area contributed by atoms with Gasteiger partial charge in [-0.2, -0.15) is 0 Å². The van der Waals surface area contributed by atoms with Gasteiger partial charge in [0.25, 0.3) is 0 Å². The molecule has 2 aromatic rings. The van der Waals surface area contributed by atoms with Gasteiger partial charge in [0.2, 0.25) is 0 Å². The lowest BCUT2D eigenvalue weighted by Gasteiger charge is -2.31. The number of aromatic amines is 1. The number of likely N-dealkylation sites (tertiary alicyclic amines) is 1. The van der Waals surface area contributed by atoms with Crippen LogP contribution >= 0.6 is 0 Å². The van der Waals surface area contributed by atoms with E-state index in [1.807, 2.05) is 18.2 Å². The number of aromatic nitrogens is 2.